The Kier molecular flexibility index (Phi) is 4.86. The summed E-state index contributed by atoms with van der Waals surface area (Å²) in [4.78, 5) is 0. The van der Waals surface area contributed by atoms with Gasteiger partial charge in [0, 0.05) is 0 Å². The summed E-state index contributed by atoms with van der Waals surface area (Å²) in [6.07, 6.45) is 14.7. The fourth-order valence-corrected chi connectivity index (χ4v) is 4.83. The van der Waals surface area contributed by atoms with Crippen molar-refractivity contribution in [2.24, 2.45) is 23.2 Å². The Balaban J connectivity index is 0.000000408. The van der Waals surface area contributed by atoms with Crippen LogP contribution < -0.4 is 0 Å². The minimum atomic E-state index is 0.250. The van der Waals surface area contributed by atoms with Gasteiger partial charge in [0.05, 0.1) is 6.33 Å². The highest BCUT2D eigenvalue weighted by Gasteiger charge is 2.46. The molecule has 3 aliphatic rings. The fourth-order valence-electron chi connectivity index (χ4n) is 4.83. The summed E-state index contributed by atoms with van der Waals surface area (Å²) in [5, 5.41) is 0. The van der Waals surface area contributed by atoms with Crippen LogP contribution in [0.15, 0.2) is 24.6 Å². The van der Waals surface area contributed by atoms with Crippen LogP contribution in [-0.2, 0) is 0 Å². The molecule has 0 aromatic carbocycles. The second-order valence-corrected chi connectivity index (χ2v) is 7.06. The average Bonchev–Trinajstić information content (AvgIpc) is 2.38. The van der Waals surface area contributed by atoms with Gasteiger partial charge in [0.2, 0.25) is 0 Å². The van der Waals surface area contributed by atoms with Crippen molar-refractivity contribution in [3.8, 4) is 0 Å². The van der Waals surface area contributed by atoms with Gasteiger partial charge in [0.15, 0.2) is 0 Å². The van der Waals surface area contributed by atoms with Gasteiger partial charge in [-0.25, -0.2) is 4.39 Å². The molecule has 0 N–H and O–H groups in total. The third kappa shape index (κ3) is 2.95. The Bertz CT molecular complexity index is 344. The Morgan fingerprint density at radius 2 is 2.05 bits per heavy atom. The molecule has 0 nitrogen and oxygen atoms in total. The molecule has 4 unspecified atom stereocenters. The molecular weight excluding hydrogens is 235 g/mol. The maximum absolute atomic E-state index is 10.1. The van der Waals surface area contributed by atoms with E-state index in [4.69, 9.17) is 0 Å². The summed E-state index contributed by atoms with van der Waals surface area (Å²) >= 11 is 0. The molecule has 0 saturated heterocycles. The molecule has 0 aromatic rings. The van der Waals surface area contributed by atoms with Crippen LogP contribution in [0, 0.1) is 23.2 Å². The van der Waals surface area contributed by atoms with Crippen molar-refractivity contribution in [2.75, 3.05) is 0 Å². The third-order valence-corrected chi connectivity index (χ3v) is 5.89. The van der Waals surface area contributed by atoms with Gasteiger partial charge in [-0.1, -0.05) is 44.9 Å². The first-order valence-electron chi connectivity index (χ1n) is 8.02. The first-order chi connectivity index (χ1) is 9.11. The minimum Gasteiger partial charge on any atom is -0.216 e. The largest absolute Gasteiger partial charge is 0.216 e. The van der Waals surface area contributed by atoms with Crippen molar-refractivity contribution in [3.63, 3.8) is 0 Å². The van der Waals surface area contributed by atoms with E-state index in [0.29, 0.717) is 5.41 Å². The van der Waals surface area contributed by atoms with Crippen molar-refractivity contribution in [1.82, 2.24) is 0 Å². The molecule has 0 aliphatic heterocycles. The highest BCUT2D eigenvalue weighted by Crippen LogP contribution is 2.57. The van der Waals surface area contributed by atoms with Crippen molar-refractivity contribution < 1.29 is 4.39 Å². The van der Waals surface area contributed by atoms with E-state index in [1.54, 1.807) is 0 Å². The quantitative estimate of drug-likeness (QED) is 0.467. The lowest BCUT2D eigenvalue weighted by Crippen LogP contribution is -2.42. The van der Waals surface area contributed by atoms with E-state index in [0.717, 1.165) is 17.8 Å². The molecule has 3 aliphatic carbocycles. The fraction of sp³-hybridized carbons (Fsp3) is 0.778. The topological polar surface area (TPSA) is 0 Å². The maximum atomic E-state index is 10.1. The normalized spacial score (nSPS) is 41.0. The summed E-state index contributed by atoms with van der Waals surface area (Å²) in [5.41, 5.74) is 2.53. The first kappa shape index (κ1) is 14.8. The zero-order valence-electron chi connectivity index (χ0n) is 12.6. The molecule has 2 fully saturated rings. The summed E-state index contributed by atoms with van der Waals surface area (Å²) < 4.78 is 10.1. The number of allylic oxidation sites excluding steroid dienone is 2. The highest BCUT2D eigenvalue weighted by atomic mass is 19.1. The zero-order valence-corrected chi connectivity index (χ0v) is 12.6. The lowest BCUT2D eigenvalue weighted by atomic mass is 9.52. The second kappa shape index (κ2) is 6.24. The molecule has 2 saturated carbocycles. The number of fused-ring (bicyclic) bond motifs is 3. The molecule has 108 valence electrons. The summed E-state index contributed by atoms with van der Waals surface area (Å²) in [6, 6.07) is 0. The van der Waals surface area contributed by atoms with Crippen LogP contribution in [0.5, 0.6) is 0 Å². The molecule has 0 aromatic heterocycles. The Morgan fingerprint density at radius 3 is 2.79 bits per heavy atom. The Morgan fingerprint density at radius 1 is 1.32 bits per heavy atom. The number of hydrogen-bond acceptors (Lipinski definition) is 0. The molecule has 3 rings (SSSR count). The van der Waals surface area contributed by atoms with E-state index in [1.807, 2.05) is 5.57 Å². The molecule has 0 heterocycles. The van der Waals surface area contributed by atoms with Crippen LogP contribution in [0.4, 0.5) is 4.39 Å². The Hall–Kier alpha value is -0.590. The van der Waals surface area contributed by atoms with Crippen molar-refractivity contribution in [3.05, 3.63) is 24.6 Å². The van der Waals surface area contributed by atoms with Crippen LogP contribution in [0.1, 0.15) is 65.2 Å². The molecular formula is C18H29F. The smallest absolute Gasteiger partial charge is 0.0795 e. The predicted octanol–water partition coefficient (Wildman–Crippen LogP) is 6.05. The van der Waals surface area contributed by atoms with Crippen LogP contribution in [0.3, 0.4) is 0 Å². The number of halogens is 1. The van der Waals surface area contributed by atoms with Gasteiger partial charge < -0.3 is 0 Å². The van der Waals surface area contributed by atoms with Gasteiger partial charge in [-0.3, -0.25) is 0 Å². The maximum Gasteiger partial charge on any atom is 0.0795 e. The molecule has 19 heavy (non-hydrogen) atoms. The van der Waals surface area contributed by atoms with Crippen LogP contribution >= 0.6 is 0 Å². The lowest BCUT2D eigenvalue weighted by molar-refractivity contribution is 0.0334. The van der Waals surface area contributed by atoms with Crippen molar-refractivity contribution in [2.45, 2.75) is 65.2 Å². The van der Waals surface area contributed by atoms with Crippen LogP contribution in [0.2, 0.25) is 0 Å². The van der Waals surface area contributed by atoms with Gasteiger partial charge in [-0.15, -0.1) is 0 Å². The van der Waals surface area contributed by atoms with Gasteiger partial charge in [0.25, 0.3) is 0 Å². The SMILES string of the molecule is C=CF.CC1CCC2C(=CCC3CCCCC32C)C1. The summed E-state index contributed by atoms with van der Waals surface area (Å²) in [5.74, 6) is 2.93. The van der Waals surface area contributed by atoms with Crippen molar-refractivity contribution >= 4 is 0 Å². The van der Waals surface area contributed by atoms with Crippen LogP contribution in [0.25, 0.3) is 0 Å². The molecule has 1 heteroatoms. The number of rotatable bonds is 0. The van der Waals surface area contributed by atoms with E-state index >= 15 is 0 Å². The minimum absolute atomic E-state index is 0.250. The van der Waals surface area contributed by atoms with Crippen LogP contribution in [-0.4, -0.2) is 0 Å². The first-order valence-corrected chi connectivity index (χ1v) is 8.02. The predicted molar refractivity (Wildman–Crippen MR) is 80.6 cm³/mol. The lowest BCUT2D eigenvalue weighted by Gasteiger charge is -2.52. The number of hydrogen-bond donors (Lipinski definition) is 0. The van der Waals surface area contributed by atoms with E-state index in [2.05, 4.69) is 26.5 Å². The van der Waals surface area contributed by atoms with E-state index in [9.17, 15) is 4.39 Å². The van der Waals surface area contributed by atoms with E-state index in [-0.39, 0.29) is 6.33 Å². The van der Waals surface area contributed by atoms with Gasteiger partial charge in [0.1, 0.15) is 0 Å². The highest BCUT2D eigenvalue weighted by molar-refractivity contribution is 5.20. The molecule has 0 spiro atoms. The second-order valence-electron chi connectivity index (χ2n) is 7.06. The van der Waals surface area contributed by atoms with Gasteiger partial charge in [-0.05, 0) is 61.7 Å². The standard InChI is InChI=1S/C16H26.C2H3F/c1-12-6-9-15-13(11-12)7-8-14-5-3-4-10-16(14,15)2;1-2-3/h7,12,14-15H,3-6,8-11H2,1-2H3;2H,1H2. The van der Waals surface area contributed by atoms with Gasteiger partial charge in [-0.2, -0.15) is 0 Å². The average molecular weight is 264 g/mol. The molecule has 4 atom stereocenters. The van der Waals surface area contributed by atoms with Gasteiger partial charge >= 0.3 is 0 Å². The van der Waals surface area contributed by atoms with E-state index in [1.165, 1.54) is 51.4 Å². The molecule has 0 amide bonds. The zero-order chi connectivity index (χ0) is 13.9. The molecule has 0 bridgehead atoms. The van der Waals surface area contributed by atoms with E-state index < -0.39 is 0 Å². The Labute approximate surface area is 118 Å². The monoisotopic (exact) mass is 264 g/mol. The summed E-state index contributed by atoms with van der Waals surface area (Å²) in [7, 11) is 0. The third-order valence-electron chi connectivity index (χ3n) is 5.89. The molecule has 0 radical (unpaired) electrons. The van der Waals surface area contributed by atoms with Crippen molar-refractivity contribution in [1.29, 1.82) is 0 Å². The summed E-state index contributed by atoms with van der Waals surface area (Å²) in [6.45, 7) is 7.75.